The second-order valence-corrected chi connectivity index (χ2v) is 4.59. The van der Waals surface area contributed by atoms with Crippen LogP contribution in [0.25, 0.3) is 11.0 Å². The molecule has 20 heavy (non-hydrogen) atoms. The zero-order chi connectivity index (χ0) is 14.5. The number of furan rings is 1. The summed E-state index contributed by atoms with van der Waals surface area (Å²) in [7, 11) is 1.77. The van der Waals surface area contributed by atoms with Gasteiger partial charge in [-0.25, -0.2) is 0 Å². The quantitative estimate of drug-likeness (QED) is 0.824. The summed E-state index contributed by atoms with van der Waals surface area (Å²) >= 11 is 0. The first-order valence-electron chi connectivity index (χ1n) is 6.19. The number of benzene rings is 1. The molecule has 0 radical (unpaired) electrons. The van der Waals surface area contributed by atoms with Crippen molar-refractivity contribution in [3.05, 3.63) is 36.1 Å². The number of rotatable bonds is 6. The van der Waals surface area contributed by atoms with Gasteiger partial charge in [-0.2, -0.15) is 0 Å². The molecule has 2 rings (SSSR count). The van der Waals surface area contributed by atoms with E-state index in [0.717, 1.165) is 16.7 Å². The second-order valence-electron chi connectivity index (χ2n) is 4.59. The summed E-state index contributed by atoms with van der Waals surface area (Å²) in [6.45, 7) is 0.233. The Morgan fingerprint density at radius 1 is 1.35 bits per heavy atom. The highest BCUT2D eigenvalue weighted by molar-refractivity contribution is 5.82. The van der Waals surface area contributed by atoms with Crippen molar-refractivity contribution in [3.63, 3.8) is 0 Å². The molecule has 1 amide bonds. The Kier molecular flexibility index (Phi) is 4.37. The molecule has 2 aromatic rings. The van der Waals surface area contributed by atoms with Crippen molar-refractivity contribution in [2.75, 3.05) is 20.1 Å². The fourth-order valence-corrected chi connectivity index (χ4v) is 1.91. The van der Waals surface area contributed by atoms with Crippen LogP contribution in [0.2, 0.25) is 0 Å². The minimum absolute atomic E-state index is 0.115. The molecule has 1 aromatic heterocycles. The van der Waals surface area contributed by atoms with Gasteiger partial charge in [0.1, 0.15) is 17.9 Å². The SMILES string of the molecule is CN(CC(=O)NCC(=O)O)Cc1cc2ccccc2o1. The van der Waals surface area contributed by atoms with Gasteiger partial charge in [0, 0.05) is 5.39 Å². The van der Waals surface area contributed by atoms with Crippen molar-refractivity contribution in [1.82, 2.24) is 10.2 Å². The van der Waals surface area contributed by atoms with E-state index in [2.05, 4.69) is 5.32 Å². The van der Waals surface area contributed by atoms with Crippen LogP contribution in [-0.2, 0) is 16.1 Å². The van der Waals surface area contributed by atoms with E-state index in [4.69, 9.17) is 9.52 Å². The van der Waals surface area contributed by atoms with Crippen LogP contribution in [0.15, 0.2) is 34.7 Å². The smallest absolute Gasteiger partial charge is 0.322 e. The van der Waals surface area contributed by atoms with Gasteiger partial charge in [-0.15, -0.1) is 0 Å². The van der Waals surface area contributed by atoms with Gasteiger partial charge in [-0.05, 0) is 19.2 Å². The maximum absolute atomic E-state index is 11.5. The molecule has 0 unspecified atom stereocenters. The van der Waals surface area contributed by atoms with Gasteiger partial charge in [0.05, 0.1) is 13.1 Å². The van der Waals surface area contributed by atoms with E-state index in [1.165, 1.54) is 0 Å². The summed E-state index contributed by atoms with van der Waals surface area (Å²) < 4.78 is 5.65. The van der Waals surface area contributed by atoms with Gasteiger partial charge >= 0.3 is 5.97 Å². The van der Waals surface area contributed by atoms with E-state index in [0.29, 0.717) is 6.54 Å². The highest BCUT2D eigenvalue weighted by atomic mass is 16.4. The fourth-order valence-electron chi connectivity index (χ4n) is 1.91. The predicted octanol–water partition coefficient (Wildman–Crippen LogP) is 1.07. The molecule has 0 atom stereocenters. The zero-order valence-electron chi connectivity index (χ0n) is 11.1. The summed E-state index contributed by atoms with van der Waals surface area (Å²) in [5, 5.41) is 11.8. The Labute approximate surface area is 116 Å². The number of para-hydroxylation sites is 1. The van der Waals surface area contributed by atoms with Gasteiger partial charge in [0.2, 0.25) is 5.91 Å². The number of aliphatic carboxylic acids is 1. The van der Waals surface area contributed by atoms with Crippen LogP contribution in [0.3, 0.4) is 0 Å². The number of carboxylic acids is 1. The molecule has 1 aromatic carbocycles. The monoisotopic (exact) mass is 276 g/mol. The number of carbonyl (C=O) groups excluding carboxylic acids is 1. The van der Waals surface area contributed by atoms with Crippen molar-refractivity contribution in [2.24, 2.45) is 0 Å². The number of amides is 1. The van der Waals surface area contributed by atoms with E-state index in [1.807, 2.05) is 30.3 Å². The standard InChI is InChI=1S/C14H16N2O4/c1-16(9-13(17)15-7-14(18)19)8-11-6-10-4-2-3-5-12(10)20-11/h2-6H,7-9H2,1H3,(H,15,17)(H,18,19). The largest absolute Gasteiger partial charge is 0.480 e. The van der Waals surface area contributed by atoms with E-state index < -0.39 is 5.97 Å². The van der Waals surface area contributed by atoms with E-state index in [9.17, 15) is 9.59 Å². The Balaban J connectivity index is 1.89. The van der Waals surface area contributed by atoms with Gasteiger partial charge in [0.25, 0.3) is 0 Å². The van der Waals surface area contributed by atoms with Crippen LogP contribution in [0, 0.1) is 0 Å². The maximum atomic E-state index is 11.5. The van der Waals surface area contributed by atoms with Crippen molar-refractivity contribution in [3.8, 4) is 0 Å². The number of hydrogen-bond acceptors (Lipinski definition) is 4. The number of nitrogens with one attached hydrogen (secondary N) is 1. The Morgan fingerprint density at radius 3 is 2.80 bits per heavy atom. The molecule has 0 bridgehead atoms. The molecule has 0 saturated carbocycles. The normalized spacial score (nSPS) is 10.9. The number of likely N-dealkylation sites (N-methyl/N-ethyl adjacent to an activating group) is 1. The van der Waals surface area contributed by atoms with Crippen molar-refractivity contribution in [1.29, 1.82) is 0 Å². The summed E-state index contributed by atoms with van der Waals surface area (Å²) in [5.41, 5.74) is 0.811. The Bertz CT molecular complexity index is 587. The van der Waals surface area contributed by atoms with Crippen LogP contribution < -0.4 is 5.32 Å². The molecule has 0 fully saturated rings. The number of nitrogens with zero attached hydrogens (tertiary/aromatic N) is 1. The van der Waals surface area contributed by atoms with Crippen LogP contribution in [0.5, 0.6) is 0 Å². The zero-order valence-corrected chi connectivity index (χ0v) is 11.1. The third kappa shape index (κ3) is 3.83. The number of carbonyl (C=O) groups is 2. The van der Waals surface area contributed by atoms with Crippen molar-refractivity contribution in [2.45, 2.75) is 6.54 Å². The number of hydrogen-bond donors (Lipinski definition) is 2. The van der Waals surface area contributed by atoms with Gasteiger partial charge in [0.15, 0.2) is 0 Å². The summed E-state index contributed by atoms with van der Waals surface area (Å²) in [5.74, 6) is -0.621. The first-order valence-corrected chi connectivity index (χ1v) is 6.19. The lowest BCUT2D eigenvalue weighted by atomic mass is 10.2. The van der Waals surface area contributed by atoms with E-state index >= 15 is 0 Å². The molecule has 6 nitrogen and oxygen atoms in total. The topological polar surface area (TPSA) is 82.8 Å². The van der Waals surface area contributed by atoms with E-state index in [1.54, 1.807) is 11.9 Å². The molecular formula is C14H16N2O4. The van der Waals surface area contributed by atoms with Crippen molar-refractivity contribution < 1.29 is 19.1 Å². The average Bonchev–Trinajstić information content (AvgIpc) is 2.78. The minimum atomic E-state index is -1.06. The number of fused-ring (bicyclic) bond motifs is 1. The third-order valence-electron chi connectivity index (χ3n) is 2.75. The lowest BCUT2D eigenvalue weighted by molar-refractivity contribution is -0.138. The van der Waals surface area contributed by atoms with Gasteiger partial charge < -0.3 is 14.8 Å². The molecule has 0 saturated heterocycles. The fraction of sp³-hybridized carbons (Fsp3) is 0.286. The summed E-state index contributed by atoms with van der Waals surface area (Å²) in [4.78, 5) is 23.6. The predicted molar refractivity (Wildman–Crippen MR) is 73.2 cm³/mol. The Hall–Kier alpha value is -2.34. The van der Waals surface area contributed by atoms with Gasteiger partial charge in [-0.3, -0.25) is 14.5 Å². The van der Waals surface area contributed by atoms with Crippen LogP contribution in [0.1, 0.15) is 5.76 Å². The molecule has 0 spiro atoms. The molecule has 0 aliphatic carbocycles. The second kappa shape index (κ2) is 6.21. The first kappa shape index (κ1) is 14.1. The minimum Gasteiger partial charge on any atom is -0.480 e. The van der Waals surface area contributed by atoms with Crippen LogP contribution >= 0.6 is 0 Å². The Morgan fingerprint density at radius 2 is 2.10 bits per heavy atom. The lowest BCUT2D eigenvalue weighted by Gasteiger charge is -2.14. The molecule has 1 heterocycles. The molecule has 2 N–H and O–H groups in total. The van der Waals surface area contributed by atoms with Crippen LogP contribution in [-0.4, -0.2) is 42.0 Å². The summed E-state index contributed by atoms with van der Waals surface area (Å²) in [6.07, 6.45) is 0. The highest BCUT2D eigenvalue weighted by Gasteiger charge is 2.10. The third-order valence-corrected chi connectivity index (χ3v) is 2.75. The first-order chi connectivity index (χ1) is 9.54. The molecule has 0 aliphatic heterocycles. The lowest BCUT2D eigenvalue weighted by Crippen LogP contribution is -2.37. The van der Waals surface area contributed by atoms with Crippen molar-refractivity contribution >= 4 is 22.8 Å². The highest BCUT2D eigenvalue weighted by Crippen LogP contribution is 2.19. The summed E-state index contributed by atoms with van der Waals surface area (Å²) in [6, 6.07) is 9.62. The van der Waals surface area contributed by atoms with Crippen LogP contribution in [0.4, 0.5) is 0 Å². The van der Waals surface area contributed by atoms with Gasteiger partial charge in [-0.1, -0.05) is 18.2 Å². The molecule has 0 aliphatic rings. The molecular weight excluding hydrogens is 260 g/mol. The number of carboxylic acid groups (broad SMARTS) is 1. The maximum Gasteiger partial charge on any atom is 0.322 e. The molecule has 106 valence electrons. The van der Waals surface area contributed by atoms with E-state index in [-0.39, 0.29) is 19.0 Å². The average molecular weight is 276 g/mol. The molecule has 6 heteroatoms.